The number of carbonyl (C=O) groups excluding carboxylic acids is 1. The fraction of sp³-hybridized carbons (Fsp3) is 0.412. The number of aliphatic hydroxyl groups excluding tert-OH is 2. The van der Waals surface area contributed by atoms with Gasteiger partial charge in [-0.1, -0.05) is 6.07 Å². The largest absolute Gasteiger partial charge is 0.394 e. The molecule has 1 aliphatic rings. The van der Waals surface area contributed by atoms with Crippen molar-refractivity contribution in [2.45, 2.75) is 25.0 Å². The van der Waals surface area contributed by atoms with Crippen molar-refractivity contribution in [3.05, 3.63) is 40.8 Å². The van der Waals surface area contributed by atoms with Crippen LogP contribution in [-0.4, -0.2) is 63.3 Å². The van der Waals surface area contributed by atoms with Gasteiger partial charge in [-0.15, -0.1) is 0 Å². The van der Waals surface area contributed by atoms with Crippen LogP contribution in [0.25, 0.3) is 0 Å². The molecule has 1 heterocycles. The van der Waals surface area contributed by atoms with Crippen LogP contribution < -0.4 is 16.1 Å². The number of aliphatic hydroxyl groups is 2. The Morgan fingerprint density at radius 1 is 1.41 bits per heavy atom. The molecule has 11 nitrogen and oxygen atoms in total. The molecular formula is C17H21FN6O5. The van der Waals surface area contributed by atoms with Crippen molar-refractivity contribution in [3.63, 3.8) is 0 Å². The molecule has 1 aromatic carbocycles. The third-order valence-electron chi connectivity index (χ3n) is 4.42. The van der Waals surface area contributed by atoms with E-state index >= 15 is 0 Å². The van der Waals surface area contributed by atoms with Crippen LogP contribution in [0, 0.1) is 5.82 Å². The molecule has 29 heavy (non-hydrogen) atoms. The molecule has 1 aliphatic carbocycles. The average molecular weight is 408 g/mol. The van der Waals surface area contributed by atoms with E-state index in [1.54, 1.807) is 6.07 Å². The molecule has 0 aliphatic heterocycles. The van der Waals surface area contributed by atoms with Crippen molar-refractivity contribution in [1.82, 2.24) is 21.1 Å². The molecule has 0 radical (unpaired) electrons. The maximum atomic E-state index is 13.6. The van der Waals surface area contributed by atoms with Gasteiger partial charge in [-0.05, 0) is 46.4 Å². The summed E-state index contributed by atoms with van der Waals surface area (Å²) in [6, 6.07) is 4.13. The average Bonchev–Trinajstić information content (AvgIpc) is 3.35. The Morgan fingerprint density at radius 2 is 2.24 bits per heavy atom. The number of benzene rings is 1. The van der Waals surface area contributed by atoms with Gasteiger partial charge in [-0.25, -0.2) is 9.02 Å². The molecule has 2 aromatic rings. The number of nitrogens with one attached hydrogen (secondary N) is 3. The lowest BCUT2D eigenvalue weighted by Crippen LogP contribution is -2.37. The van der Waals surface area contributed by atoms with E-state index in [2.05, 4.69) is 30.6 Å². The molecule has 6 N–H and O–H groups in total. The van der Waals surface area contributed by atoms with Gasteiger partial charge in [0.2, 0.25) is 11.7 Å². The molecule has 0 saturated carbocycles. The number of aliphatic imine (C=N–C) groups is 1. The quantitative estimate of drug-likeness (QED) is 0.192. The van der Waals surface area contributed by atoms with Gasteiger partial charge >= 0.3 is 0 Å². The zero-order valence-electron chi connectivity index (χ0n) is 15.3. The summed E-state index contributed by atoms with van der Waals surface area (Å²) in [6.45, 7) is -0.805. The molecule has 2 unspecified atom stereocenters. The predicted molar refractivity (Wildman–Crippen MR) is 97.8 cm³/mol. The van der Waals surface area contributed by atoms with Gasteiger partial charge in [0.1, 0.15) is 5.82 Å². The van der Waals surface area contributed by atoms with E-state index in [1.165, 1.54) is 12.1 Å². The summed E-state index contributed by atoms with van der Waals surface area (Å²) in [5.41, 5.74) is 3.70. The van der Waals surface area contributed by atoms with E-state index < -0.39 is 18.6 Å². The van der Waals surface area contributed by atoms with Crippen molar-refractivity contribution in [2.75, 3.05) is 25.0 Å². The van der Waals surface area contributed by atoms with Crippen LogP contribution in [0.15, 0.2) is 27.8 Å². The minimum absolute atomic E-state index is 0.0422. The summed E-state index contributed by atoms with van der Waals surface area (Å²) in [5.74, 6) is -0.832. The van der Waals surface area contributed by atoms with E-state index in [4.69, 9.17) is 5.11 Å². The van der Waals surface area contributed by atoms with Crippen molar-refractivity contribution in [2.24, 2.45) is 4.99 Å². The Morgan fingerprint density at radius 3 is 3.00 bits per heavy atom. The SMILES string of the molecule is O=C(CNc1nonc1C(=NC1CCc2ccc(F)cc21)NO)NCC(O)CO. The van der Waals surface area contributed by atoms with Crippen LogP contribution in [0.3, 0.4) is 0 Å². The zero-order valence-corrected chi connectivity index (χ0v) is 15.3. The standard InChI is InChI=1S/C17H21FN6O5/c18-10-3-1-9-2-4-13(12(9)5-10)21-17(22-28)15-16(24-29-23-15)20-7-14(27)19-6-11(26)8-25/h1,3,5,11,13,25-26,28H,2,4,6-8H2,(H,19,27)(H,20,24)(H,21,22). The van der Waals surface area contributed by atoms with Gasteiger partial charge in [-0.3, -0.25) is 20.5 Å². The smallest absolute Gasteiger partial charge is 0.239 e. The molecule has 0 spiro atoms. The van der Waals surface area contributed by atoms with Crippen LogP contribution in [0.5, 0.6) is 0 Å². The van der Waals surface area contributed by atoms with E-state index in [9.17, 15) is 19.5 Å². The first kappa shape index (κ1) is 20.6. The maximum Gasteiger partial charge on any atom is 0.239 e. The second kappa shape index (κ2) is 9.41. The Balaban J connectivity index is 1.69. The Bertz CT molecular complexity index is 889. The highest BCUT2D eigenvalue weighted by molar-refractivity contribution is 6.00. The number of anilines is 1. The summed E-state index contributed by atoms with van der Waals surface area (Å²) >= 11 is 0. The van der Waals surface area contributed by atoms with E-state index in [-0.39, 0.29) is 42.3 Å². The minimum Gasteiger partial charge on any atom is -0.394 e. The van der Waals surface area contributed by atoms with E-state index in [1.807, 2.05) is 5.48 Å². The number of rotatable bonds is 8. The molecule has 0 bridgehead atoms. The fourth-order valence-corrected chi connectivity index (χ4v) is 2.97. The Hall–Kier alpha value is -3.09. The highest BCUT2D eigenvalue weighted by atomic mass is 19.1. The van der Waals surface area contributed by atoms with Gasteiger partial charge in [-0.2, -0.15) is 0 Å². The first-order chi connectivity index (χ1) is 14.0. The Labute approximate surface area is 164 Å². The first-order valence-corrected chi connectivity index (χ1v) is 8.90. The molecule has 2 atom stereocenters. The van der Waals surface area contributed by atoms with Gasteiger partial charge in [0, 0.05) is 6.54 Å². The summed E-state index contributed by atoms with van der Waals surface area (Å²) in [5, 5.41) is 39.9. The van der Waals surface area contributed by atoms with Crippen molar-refractivity contribution in [1.29, 1.82) is 0 Å². The highest BCUT2D eigenvalue weighted by Crippen LogP contribution is 2.35. The number of amidine groups is 1. The van der Waals surface area contributed by atoms with Gasteiger partial charge < -0.3 is 20.8 Å². The number of carbonyl (C=O) groups is 1. The number of nitrogens with zero attached hydrogens (tertiary/aromatic N) is 3. The van der Waals surface area contributed by atoms with Gasteiger partial charge in [0.15, 0.2) is 11.5 Å². The third kappa shape index (κ3) is 5.04. The molecule has 3 rings (SSSR count). The summed E-state index contributed by atoms with van der Waals surface area (Å²) < 4.78 is 18.2. The molecule has 1 amide bonds. The van der Waals surface area contributed by atoms with Crippen LogP contribution >= 0.6 is 0 Å². The lowest BCUT2D eigenvalue weighted by molar-refractivity contribution is -0.119. The Kier molecular flexibility index (Phi) is 6.69. The normalized spacial score (nSPS) is 17.0. The summed E-state index contributed by atoms with van der Waals surface area (Å²) in [6.07, 6.45) is 0.303. The molecule has 0 fully saturated rings. The maximum absolute atomic E-state index is 13.6. The van der Waals surface area contributed by atoms with Crippen LogP contribution in [-0.2, 0) is 11.2 Å². The summed E-state index contributed by atoms with van der Waals surface area (Å²) in [4.78, 5) is 16.2. The zero-order chi connectivity index (χ0) is 20.8. The monoisotopic (exact) mass is 408 g/mol. The second-order valence-electron chi connectivity index (χ2n) is 6.44. The molecule has 1 aromatic heterocycles. The van der Waals surface area contributed by atoms with Crippen LogP contribution in [0.1, 0.15) is 29.3 Å². The van der Waals surface area contributed by atoms with E-state index in [0.29, 0.717) is 6.42 Å². The lowest BCUT2D eigenvalue weighted by atomic mass is 10.1. The number of aryl methyl sites for hydroxylation is 1. The second-order valence-corrected chi connectivity index (χ2v) is 6.44. The van der Waals surface area contributed by atoms with Crippen molar-refractivity contribution in [3.8, 4) is 0 Å². The number of hydrogen-bond acceptors (Lipinski definition) is 9. The number of fused-ring (bicyclic) bond motifs is 1. The van der Waals surface area contributed by atoms with Crippen LogP contribution in [0.2, 0.25) is 0 Å². The van der Waals surface area contributed by atoms with E-state index in [0.717, 1.165) is 17.5 Å². The highest BCUT2D eigenvalue weighted by Gasteiger charge is 2.25. The fourth-order valence-electron chi connectivity index (χ4n) is 2.97. The molecule has 12 heteroatoms. The van der Waals surface area contributed by atoms with Gasteiger partial charge in [0.05, 0.1) is 25.3 Å². The number of hydroxylamine groups is 1. The third-order valence-corrected chi connectivity index (χ3v) is 4.42. The number of aromatic nitrogens is 2. The molecule has 156 valence electrons. The van der Waals surface area contributed by atoms with Crippen molar-refractivity contribution >= 4 is 17.6 Å². The first-order valence-electron chi connectivity index (χ1n) is 8.90. The molecule has 0 saturated heterocycles. The molecular weight excluding hydrogens is 387 g/mol. The number of hydrogen-bond donors (Lipinski definition) is 6. The van der Waals surface area contributed by atoms with Crippen molar-refractivity contribution < 1.29 is 29.2 Å². The lowest BCUT2D eigenvalue weighted by Gasteiger charge is -2.11. The topological polar surface area (TPSA) is 165 Å². The minimum atomic E-state index is -1.06. The van der Waals surface area contributed by atoms with Gasteiger partial charge in [0.25, 0.3) is 0 Å². The number of amides is 1. The summed E-state index contributed by atoms with van der Waals surface area (Å²) in [7, 11) is 0. The number of halogens is 1. The van der Waals surface area contributed by atoms with Crippen LogP contribution in [0.4, 0.5) is 10.2 Å². The predicted octanol–water partition coefficient (Wildman–Crippen LogP) is -0.497.